The van der Waals surface area contributed by atoms with E-state index in [1.165, 1.54) is 12.5 Å². The van der Waals surface area contributed by atoms with Crippen molar-refractivity contribution in [1.82, 2.24) is 5.32 Å². The molecule has 0 radical (unpaired) electrons. The van der Waals surface area contributed by atoms with Gasteiger partial charge in [0.15, 0.2) is 0 Å². The zero-order chi connectivity index (χ0) is 22.2. The molecule has 0 aromatic heterocycles. The molecule has 0 aliphatic carbocycles. The summed E-state index contributed by atoms with van der Waals surface area (Å²) >= 11 is 0. The fourth-order valence-corrected chi connectivity index (χ4v) is 3.32. The molecule has 7 nitrogen and oxygen atoms in total. The van der Waals surface area contributed by atoms with E-state index < -0.39 is 0 Å². The first-order valence-corrected chi connectivity index (χ1v) is 10.7. The Morgan fingerprint density at radius 2 is 1.90 bits per heavy atom. The van der Waals surface area contributed by atoms with Crippen LogP contribution in [-0.4, -0.2) is 37.0 Å². The Balaban J connectivity index is 1.77. The molecular weight excluding hydrogens is 392 g/mol. The van der Waals surface area contributed by atoms with Gasteiger partial charge in [0.25, 0.3) is 5.91 Å². The van der Waals surface area contributed by atoms with Crippen molar-refractivity contribution in [2.45, 2.75) is 46.1 Å². The van der Waals surface area contributed by atoms with E-state index in [9.17, 15) is 9.59 Å². The zero-order valence-electron chi connectivity index (χ0n) is 18.3. The van der Waals surface area contributed by atoms with Crippen molar-refractivity contribution in [1.29, 1.82) is 0 Å². The largest absolute Gasteiger partial charge is 0.376 e. The second kappa shape index (κ2) is 10.7. The highest BCUT2D eigenvalue weighted by molar-refractivity contribution is 6.10. The summed E-state index contributed by atoms with van der Waals surface area (Å²) in [5.74, 6) is -0.126. The summed E-state index contributed by atoms with van der Waals surface area (Å²) < 4.78 is 5.65. The van der Waals surface area contributed by atoms with E-state index in [1.807, 2.05) is 31.2 Å². The van der Waals surface area contributed by atoms with Crippen LogP contribution in [-0.2, 0) is 16.0 Å². The van der Waals surface area contributed by atoms with Crippen LogP contribution >= 0.6 is 0 Å². The standard InChI is InChI=1S/C24H30N4O3/c1-4-18-8-11-20(12-9-18)27-24(25-15-21-6-5-13-31-21)28-23(30)19-10-7-16(2)22(14-19)26-17(3)29/h7-12,14,21H,4-6,13,15H2,1-3H3,(H,26,29)(H2,25,27,28,30)/t21-/m1/s1. The molecule has 31 heavy (non-hydrogen) atoms. The number of hydrogen-bond donors (Lipinski definition) is 3. The van der Waals surface area contributed by atoms with Gasteiger partial charge in [-0.1, -0.05) is 25.1 Å². The lowest BCUT2D eigenvalue weighted by Gasteiger charge is -2.14. The fraction of sp³-hybridized carbons (Fsp3) is 0.375. The molecule has 2 amide bonds. The van der Waals surface area contributed by atoms with Crippen LogP contribution in [0.5, 0.6) is 0 Å². The van der Waals surface area contributed by atoms with Crippen molar-refractivity contribution in [3.8, 4) is 0 Å². The average molecular weight is 423 g/mol. The number of benzene rings is 2. The average Bonchev–Trinajstić information content (AvgIpc) is 3.27. The van der Waals surface area contributed by atoms with Gasteiger partial charge < -0.3 is 15.4 Å². The number of aliphatic imine (C=N–C) groups is 1. The molecule has 1 aliphatic heterocycles. The third-order valence-corrected chi connectivity index (χ3v) is 5.14. The summed E-state index contributed by atoms with van der Waals surface area (Å²) in [5.41, 5.74) is 4.00. The van der Waals surface area contributed by atoms with E-state index in [-0.39, 0.29) is 17.9 Å². The normalized spacial score (nSPS) is 16.1. The van der Waals surface area contributed by atoms with Gasteiger partial charge in [-0.15, -0.1) is 0 Å². The smallest absolute Gasteiger partial charge is 0.258 e. The number of amides is 2. The molecule has 164 valence electrons. The Kier molecular flexibility index (Phi) is 7.78. The van der Waals surface area contributed by atoms with Gasteiger partial charge in [-0.3, -0.25) is 14.9 Å². The van der Waals surface area contributed by atoms with Crippen LogP contribution < -0.4 is 16.0 Å². The van der Waals surface area contributed by atoms with Gasteiger partial charge in [-0.25, -0.2) is 4.99 Å². The lowest BCUT2D eigenvalue weighted by Crippen LogP contribution is -2.36. The molecule has 0 saturated carbocycles. The van der Waals surface area contributed by atoms with Gasteiger partial charge in [0.1, 0.15) is 0 Å². The summed E-state index contributed by atoms with van der Waals surface area (Å²) in [5, 5.41) is 8.83. The van der Waals surface area contributed by atoms with Crippen LogP contribution in [0, 0.1) is 6.92 Å². The van der Waals surface area contributed by atoms with Gasteiger partial charge in [0.2, 0.25) is 11.9 Å². The van der Waals surface area contributed by atoms with Gasteiger partial charge >= 0.3 is 0 Å². The number of ether oxygens (including phenoxy) is 1. The maximum absolute atomic E-state index is 12.9. The lowest BCUT2D eigenvalue weighted by molar-refractivity contribution is -0.114. The Labute approximate surface area is 183 Å². The molecule has 7 heteroatoms. The summed E-state index contributed by atoms with van der Waals surface area (Å²) in [6.45, 7) is 6.65. The number of nitrogens with one attached hydrogen (secondary N) is 3. The third kappa shape index (κ3) is 6.65. The molecule has 0 bridgehead atoms. The van der Waals surface area contributed by atoms with Crippen molar-refractivity contribution in [3.63, 3.8) is 0 Å². The minimum Gasteiger partial charge on any atom is -0.376 e. The second-order valence-electron chi connectivity index (χ2n) is 7.66. The second-order valence-corrected chi connectivity index (χ2v) is 7.66. The number of hydrogen-bond acceptors (Lipinski definition) is 4. The molecule has 1 saturated heterocycles. The van der Waals surface area contributed by atoms with Crippen LogP contribution in [0.1, 0.15) is 48.2 Å². The predicted molar refractivity (Wildman–Crippen MR) is 124 cm³/mol. The maximum Gasteiger partial charge on any atom is 0.258 e. The number of carbonyl (C=O) groups excluding carboxylic acids is 2. The molecule has 2 aromatic carbocycles. The molecular formula is C24H30N4O3. The fourth-order valence-electron chi connectivity index (χ4n) is 3.32. The molecule has 0 unspecified atom stereocenters. The molecule has 1 heterocycles. The topological polar surface area (TPSA) is 91.8 Å². The van der Waals surface area contributed by atoms with E-state index in [0.717, 1.165) is 37.1 Å². The molecule has 3 rings (SSSR count). The number of guanidine groups is 1. The lowest BCUT2D eigenvalue weighted by atomic mass is 10.1. The van der Waals surface area contributed by atoms with Crippen molar-refractivity contribution in [3.05, 3.63) is 59.2 Å². The highest BCUT2D eigenvalue weighted by atomic mass is 16.5. The van der Waals surface area contributed by atoms with E-state index in [1.54, 1.807) is 18.2 Å². The van der Waals surface area contributed by atoms with E-state index in [2.05, 4.69) is 27.9 Å². The minimum absolute atomic E-state index is 0.0712. The minimum atomic E-state index is -0.310. The Morgan fingerprint density at radius 3 is 2.55 bits per heavy atom. The first-order valence-electron chi connectivity index (χ1n) is 10.7. The van der Waals surface area contributed by atoms with E-state index in [0.29, 0.717) is 23.8 Å². The SMILES string of the molecule is CCc1ccc(NC(=NC[C@H]2CCCO2)NC(=O)c2ccc(C)c(NC(C)=O)c2)cc1. The van der Waals surface area contributed by atoms with Gasteiger partial charge in [-0.05, 0) is 61.6 Å². The summed E-state index contributed by atoms with van der Waals surface area (Å²) in [7, 11) is 0. The van der Waals surface area contributed by atoms with Crippen molar-refractivity contribution in [2.24, 2.45) is 4.99 Å². The number of anilines is 2. The first-order chi connectivity index (χ1) is 14.9. The zero-order valence-corrected chi connectivity index (χ0v) is 18.3. The molecule has 1 aliphatic rings. The Morgan fingerprint density at radius 1 is 1.13 bits per heavy atom. The highest BCUT2D eigenvalue weighted by Crippen LogP contribution is 2.17. The Bertz CT molecular complexity index is 948. The van der Waals surface area contributed by atoms with Crippen LogP contribution in [0.3, 0.4) is 0 Å². The summed E-state index contributed by atoms with van der Waals surface area (Å²) in [6, 6.07) is 13.2. The van der Waals surface area contributed by atoms with Crippen LogP contribution in [0.4, 0.5) is 11.4 Å². The molecule has 2 aromatic rings. The van der Waals surface area contributed by atoms with Gasteiger partial charge in [0, 0.05) is 30.5 Å². The van der Waals surface area contributed by atoms with Crippen molar-refractivity contribution < 1.29 is 14.3 Å². The molecule has 3 N–H and O–H groups in total. The molecule has 1 atom stereocenters. The summed E-state index contributed by atoms with van der Waals surface area (Å²) in [6.07, 6.45) is 3.03. The van der Waals surface area contributed by atoms with Crippen LogP contribution in [0.25, 0.3) is 0 Å². The third-order valence-electron chi connectivity index (χ3n) is 5.14. The predicted octanol–water partition coefficient (Wildman–Crippen LogP) is 3.89. The van der Waals surface area contributed by atoms with Gasteiger partial charge in [0.05, 0.1) is 12.6 Å². The highest BCUT2D eigenvalue weighted by Gasteiger charge is 2.16. The molecule has 1 fully saturated rings. The van der Waals surface area contributed by atoms with Crippen LogP contribution in [0.2, 0.25) is 0 Å². The number of nitrogens with zero attached hydrogens (tertiary/aromatic N) is 1. The number of carbonyl (C=O) groups is 2. The maximum atomic E-state index is 12.9. The van der Waals surface area contributed by atoms with E-state index >= 15 is 0 Å². The van der Waals surface area contributed by atoms with Crippen molar-refractivity contribution >= 4 is 29.1 Å². The quantitative estimate of drug-likeness (QED) is 0.486. The number of aryl methyl sites for hydroxylation is 2. The van der Waals surface area contributed by atoms with Crippen molar-refractivity contribution in [2.75, 3.05) is 23.8 Å². The van der Waals surface area contributed by atoms with E-state index in [4.69, 9.17) is 4.74 Å². The Hall–Kier alpha value is -3.19. The number of rotatable bonds is 6. The van der Waals surface area contributed by atoms with Crippen LogP contribution in [0.15, 0.2) is 47.5 Å². The summed E-state index contributed by atoms with van der Waals surface area (Å²) in [4.78, 5) is 28.9. The first kappa shape index (κ1) is 22.5. The van der Waals surface area contributed by atoms with Gasteiger partial charge in [-0.2, -0.15) is 0 Å². The monoisotopic (exact) mass is 422 g/mol. The molecule has 0 spiro atoms.